The Morgan fingerprint density at radius 1 is 1.29 bits per heavy atom. The highest BCUT2D eigenvalue weighted by atomic mass is 16.5. The van der Waals surface area contributed by atoms with Crippen molar-refractivity contribution >= 4 is 11.9 Å². The van der Waals surface area contributed by atoms with E-state index in [-0.39, 0.29) is 18.0 Å². The zero-order valence-corrected chi connectivity index (χ0v) is 13.7. The first kappa shape index (κ1) is 15.2. The largest absolute Gasteiger partial charge is 0.376 e. The quantitative estimate of drug-likeness (QED) is 0.886. The fraction of sp³-hybridized carbons (Fsp3) is 0.444. The summed E-state index contributed by atoms with van der Waals surface area (Å²) in [6.07, 6.45) is 2.14. The first-order valence-electron chi connectivity index (χ1n) is 8.40. The zero-order chi connectivity index (χ0) is 16.7. The average molecular weight is 327 g/mol. The normalized spacial score (nSPS) is 26.5. The molecule has 6 heteroatoms. The third-order valence-electron chi connectivity index (χ3n) is 4.97. The maximum Gasteiger partial charge on any atom is 0.319 e. The summed E-state index contributed by atoms with van der Waals surface area (Å²) >= 11 is 0. The Bertz CT molecular complexity index is 722. The Morgan fingerprint density at radius 3 is 2.88 bits per heavy atom. The average Bonchev–Trinajstić information content (AvgIpc) is 3.16. The number of nitrogens with one attached hydrogen (secondary N) is 2. The zero-order valence-electron chi connectivity index (χ0n) is 13.7. The van der Waals surface area contributed by atoms with Crippen LogP contribution < -0.4 is 10.6 Å². The molecule has 2 N–H and O–H groups in total. The lowest BCUT2D eigenvalue weighted by Crippen LogP contribution is -2.44. The topological polar surface area (TPSA) is 70.7 Å². The molecule has 3 aliphatic heterocycles. The molecule has 3 heterocycles. The number of hydrogen-bond donors (Lipinski definition) is 2. The second-order valence-electron chi connectivity index (χ2n) is 6.60. The summed E-state index contributed by atoms with van der Waals surface area (Å²) in [6.45, 7) is 3.79. The lowest BCUT2D eigenvalue weighted by Gasteiger charge is -2.26. The van der Waals surface area contributed by atoms with Gasteiger partial charge in [-0.2, -0.15) is 0 Å². The molecule has 1 fully saturated rings. The predicted molar refractivity (Wildman–Crippen MR) is 88.2 cm³/mol. The van der Waals surface area contributed by atoms with Gasteiger partial charge in [-0.1, -0.05) is 24.3 Å². The molecule has 0 saturated carbocycles. The minimum Gasteiger partial charge on any atom is -0.376 e. The summed E-state index contributed by atoms with van der Waals surface area (Å²) in [5.41, 5.74) is 3.39. The van der Waals surface area contributed by atoms with Gasteiger partial charge in [0.05, 0.1) is 30.0 Å². The van der Waals surface area contributed by atoms with Crippen LogP contribution in [-0.2, 0) is 9.53 Å². The monoisotopic (exact) mass is 327 g/mol. The lowest BCUT2D eigenvalue weighted by atomic mass is 9.93. The van der Waals surface area contributed by atoms with Gasteiger partial charge in [-0.25, -0.2) is 4.79 Å². The molecule has 1 saturated heterocycles. The second-order valence-corrected chi connectivity index (χ2v) is 6.60. The van der Waals surface area contributed by atoms with Gasteiger partial charge in [0.25, 0.3) is 5.91 Å². The fourth-order valence-corrected chi connectivity index (χ4v) is 3.75. The second kappa shape index (κ2) is 5.94. The fourth-order valence-electron chi connectivity index (χ4n) is 3.75. The number of aryl methyl sites for hydroxylation is 1. The number of hydrogen-bond acceptors (Lipinski definition) is 3. The highest BCUT2D eigenvalue weighted by Gasteiger charge is 2.41. The smallest absolute Gasteiger partial charge is 0.319 e. The summed E-state index contributed by atoms with van der Waals surface area (Å²) < 4.78 is 5.65. The number of amides is 3. The number of carbonyl (C=O) groups is 2. The van der Waals surface area contributed by atoms with Crippen LogP contribution >= 0.6 is 0 Å². The van der Waals surface area contributed by atoms with Crippen LogP contribution in [0.3, 0.4) is 0 Å². The standard InChI is InChI=1S/C18H21N3O3/c1-11-5-2-3-7-13(11)16-15-14(19-18(23)20-16)10-21(17(15)22)9-12-6-4-8-24-12/h2-3,5,7,12,16H,4,6,8-10H2,1H3,(H2,19,20,23)/t12-,16-/m1/s1. The number of rotatable bonds is 3. The van der Waals surface area contributed by atoms with Gasteiger partial charge >= 0.3 is 6.03 Å². The van der Waals surface area contributed by atoms with Crippen molar-refractivity contribution in [3.63, 3.8) is 0 Å². The maximum absolute atomic E-state index is 13.0. The highest BCUT2D eigenvalue weighted by Crippen LogP contribution is 2.34. The molecular weight excluding hydrogens is 306 g/mol. The van der Waals surface area contributed by atoms with Crippen LogP contribution in [0.25, 0.3) is 0 Å². The summed E-state index contributed by atoms with van der Waals surface area (Å²) in [7, 11) is 0. The van der Waals surface area contributed by atoms with E-state index in [1.807, 2.05) is 31.2 Å². The van der Waals surface area contributed by atoms with E-state index in [4.69, 9.17) is 4.74 Å². The Hall–Kier alpha value is -2.34. The lowest BCUT2D eigenvalue weighted by molar-refractivity contribution is -0.127. The van der Waals surface area contributed by atoms with Crippen molar-refractivity contribution < 1.29 is 14.3 Å². The van der Waals surface area contributed by atoms with Crippen molar-refractivity contribution in [2.75, 3.05) is 19.7 Å². The van der Waals surface area contributed by atoms with Gasteiger partial charge in [0.15, 0.2) is 0 Å². The van der Waals surface area contributed by atoms with E-state index < -0.39 is 6.04 Å². The SMILES string of the molecule is Cc1ccccc1[C@H]1NC(=O)NC2=C1C(=O)N(C[C@H]1CCCO1)C2. The van der Waals surface area contributed by atoms with Gasteiger partial charge in [0.2, 0.25) is 0 Å². The Labute approximate surface area is 140 Å². The van der Waals surface area contributed by atoms with Gasteiger partial charge in [-0.3, -0.25) is 4.79 Å². The van der Waals surface area contributed by atoms with Crippen LogP contribution in [0.5, 0.6) is 0 Å². The van der Waals surface area contributed by atoms with Gasteiger partial charge < -0.3 is 20.3 Å². The molecule has 126 valence electrons. The van der Waals surface area contributed by atoms with Gasteiger partial charge in [0, 0.05) is 13.2 Å². The molecule has 0 spiro atoms. The van der Waals surface area contributed by atoms with Crippen LogP contribution in [0.15, 0.2) is 35.5 Å². The van der Waals surface area contributed by atoms with Crippen molar-refractivity contribution in [3.8, 4) is 0 Å². The first-order chi connectivity index (χ1) is 11.6. The number of urea groups is 1. The van der Waals surface area contributed by atoms with Crippen molar-refractivity contribution in [1.82, 2.24) is 15.5 Å². The number of ether oxygens (including phenoxy) is 1. The Balaban J connectivity index is 1.62. The van der Waals surface area contributed by atoms with E-state index >= 15 is 0 Å². The summed E-state index contributed by atoms with van der Waals surface area (Å²) in [6, 6.07) is 7.20. The summed E-state index contributed by atoms with van der Waals surface area (Å²) in [5, 5.41) is 5.71. The Kier molecular flexibility index (Phi) is 3.76. The molecule has 1 aromatic carbocycles. The van der Waals surface area contributed by atoms with Crippen LogP contribution in [0.1, 0.15) is 30.0 Å². The van der Waals surface area contributed by atoms with Crippen molar-refractivity contribution in [2.24, 2.45) is 0 Å². The van der Waals surface area contributed by atoms with E-state index in [0.717, 1.165) is 36.3 Å². The molecule has 0 bridgehead atoms. The number of nitrogens with zero attached hydrogens (tertiary/aromatic N) is 1. The van der Waals surface area contributed by atoms with E-state index in [1.165, 1.54) is 0 Å². The maximum atomic E-state index is 13.0. The molecule has 3 amide bonds. The molecule has 1 aromatic rings. The van der Waals surface area contributed by atoms with E-state index in [9.17, 15) is 9.59 Å². The van der Waals surface area contributed by atoms with Crippen LogP contribution in [0.4, 0.5) is 4.79 Å². The van der Waals surface area contributed by atoms with Crippen molar-refractivity contribution in [2.45, 2.75) is 31.9 Å². The van der Waals surface area contributed by atoms with Crippen molar-refractivity contribution in [3.05, 3.63) is 46.7 Å². The molecule has 0 aromatic heterocycles. The van der Waals surface area contributed by atoms with Crippen molar-refractivity contribution in [1.29, 1.82) is 0 Å². The first-order valence-corrected chi connectivity index (χ1v) is 8.40. The minimum absolute atomic E-state index is 0.0127. The Morgan fingerprint density at radius 2 is 2.12 bits per heavy atom. The van der Waals surface area contributed by atoms with Gasteiger partial charge in [-0.05, 0) is 30.9 Å². The van der Waals surface area contributed by atoms with Gasteiger partial charge in [-0.15, -0.1) is 0 Å². The van der Waals surface area contributed by atoms with E-state index in [2.05, 4.69) is 10.6 Å². The van der Waals surface area contributed by atoms with Crippen LogP contribution in [0.2, 0.25) is 0 Å². The van der Waals surface area contributed by atoms with E-state index in [0.29, 0.717) is 18.7 Å². The van der Waals surface area contributed by atoms with Crippen LogP contribution in [0, 0.1) is 6.92 Å². The van der Waals surface area contributed by atoms with Gasteiger partial charge in [0.1, 0.15) is 0 Å². The molecule has 0 radical (unpaired) electrons. The third-order valence-corrected chi connectivity index (χ3v) is 4.97. The molecule has 6 nitrogen and oxygen atoms in total. The number of carbonyl (C=O) groups excluding carboxylic acids is 2. The predicted octanol–water partition coefficient (Wildman–Crippen LogP) is 1.62. The minimum atomic E-state index is -0.392. The molecule has 0 unspecified atom stereocenters. The third kappa shape index (κ3) is 2.57. The van der Waals surface area contributed by atoms with E-state index in [1.54, 1.807) is 4.90 Å². The molecule has 2 atom stereocenters. The molecule has 0 aliphatic carbocycles. The molecular formula is C18H21N3O3. The highest BCUT2D eigenvalue weighted by molar-refractivity contribution is 6.01. The molecule has 24 heavy (non-hydrogen) atoms. The number of benzene rings is 1. The molecule has 4 rings (SSSR count). The summed E-state index contributed by atoms with van der Waals surface area (Å²) in [5.74, 6) is -0.0127. The molecule has 3 aliphatic rings. The summed E-state index contributed by atoms with van der Waals surface area (Å²) in [4.78, 5) is 26.8. The van der Waals surface area contributed by atoms with Crippen LogP contribution in [-0.4, -0.2) is 42.6 Å².